The van der Waals surface area contributed by atoms with E-state index in [-0.39, 0.29) is 24.3 Å². The molecule has 1 heterocycles. The Morgan fingerprint density at radius 1 is 1.17 bits per heavy atom. The summed E-state index contributed by atoms with van der Waals surface area (Å²) in [6, 6.07) is 0.914. The summed E-state index contributed by atoms with van der Waals surface area (Å²) < 4.78 is 11.3. The first-order valence-electron chi connectivity index (χ1n) is 9.20. The van der Waals surface area contributed by atoms with Gasteiger partial charge in [0.2, 0.25) is 0 Å². The molecule has 3 fully saturated rings. The van der Waals surface area contributed by atoms with Gasteiger partial charge < -0.3 is 20.1 Å². The maximum Gasteiger partial charge on any atom is 0.407 e. The number of hydrogen-bond acceptors (Lipinski definition) is 4. The summed E-state index contributed by atoms with van der Waals surface area (Å²) in [5.41, 5.74) is -0.457. The topological polar surface area (TPSA) is 59.6 Å². The van der Waals surface area contributed by atoms with Crippen LogP contribution in [0.2, 0.25) is 0 Å². The molecule has 3 rings (SSSR count). The number of fused-ring (bicyclic) bond motifs is 1. The van der Waals surface area contributed by atoms with Crippen molar-refractivity contribution in [2.24, 2.45) is 11.8 Å². The molecule has 0 radical (unpaired) electrons. The summed E-state index contributed by atoms with van der Waals surface area (Å²) in [6.07, 6.45) is 6.08. The van der Waals surface area contributed by atoms with Crippen LogP contribution in [-0.2, 0) is 9.47 Å². The molecule has 6 atom stereocenters. The van der Waals surface area contributed by atoms with Crippen molar-refractivity contribution < 1.29 is 14.3 Å². The van der Waals surface area contributed by atoms with Gasteiger partial charge in [-0.3, -0.25) is 0 Å². The summed E-state index contributed by atoms with van der Waals surface area (Å²) in [6.45, 7) is 8.83. The summed E-state index contributed by atoms with van der Waals surface area (Å²) >= 11 is 0. The molecule has 0 aromatic carbocycles. The number of nitrogens with one attached hydrogen (secondary N) is 2. The van der Waals surface area contributed by atoms with Crippen molar-refractivity contribution >= 4 is 6.09 Å². The summed E-state index contributed by atoms with van der Waals surface area (Å²) in [4.78, 5) is 12.1. The van der Waals surface area contributed by atoms with E-state index in [1.165, 1.54) is 25.7 Å². The van der Waals surface area contributed by atoms with Crippen molar-refractivity contribution in [2.45, 2.75) is 89.6 Å². The Morgan fingerprint density at radius 2 is 1.96 bits per heavy atom. The van der Waals surface area contributed by atoms with Gasteiger partial charge in [-0.25, -0.2) is 4.79 Å². The summed E-state index contributed by atoms with van der Waals surface area (Å²) in [5.74, 6) is 1.22. The quantitative estimate of drug-likeness (QED) is 0.838. The predicted octanol–water partition coefficient (Wildman–Crippen LogP) is 2.84. The van der Waals surface area contributed by atoms with Crippen LogP contribution in [0.1, 0.15) is 59.8 Å². The molecule has 2 N–H and O–H groups in total. The number of carbonyl (C=O) groups is 1. The van der Waals surface area contributed by atoms with E-state index in [9.17, 15) is 4.79 Å². The van der Waals surface area contributed by atoms with Crippen LogP contribution >= 0.6 is 0 Å². The zero-order valence-corrected chi connectivity index (χ0v) is 14.9. The summed E-state index contributed by atoms with van der Waals surface area (Å²) in [7, 11) is 0. The van der Waals surface area contributed by atoms with Crippen molar-refractivity contribution in [1.29, 1.82) is 0 Å². The largest absolute Gasteiger partial charge is 0.444 e. The van der Waals surface area contributed by atoms with Crippen LogP contribution in [0.5, 0.6) is 0 Å². The third kappa shape index (κ3) is 4.00. The molecule has 0 spiro atoms. The molecular formula is C18H32N2O3. The molecule has 5 heteroatoms. The second kappa shape index (κ2) is 6.60. The fraction of sp³-hybridized carbons (Fsp3) is 0.944. The van der Waals surface area contributed by atoms with Gasteiger partial charge in [0.15, 0.2) is 0 Å². The molecule has 5 nitrogen and oxygen atoms in total. The lowest BCUT2D eigenvalue weighted by atomic mass is 9.70. The number of hydrogen-bond donors (Lipinski definition) is 2. The van der Waals surface area contributed by atoms with Crippen molar-refractivity contribution in [3.8, 4) is 0 Å². The van der Waals surface area contributed by atoms with Gasteiger partial charge in [0.05, 0.1) is 18.2 Å². The number of alkyl carbamates (subject to hydrolysis) is 1. The number of rotatable bonds is 3. The second-order valence-corrected chi connectivity index (χ2v) is 8.62. The zero-order valence-electron chi connectivity index (χ0n) is 14.9. The Bertz CT molecular complexity index is 434. The number of amides is 1. The fourth-order valence-corrected chi connectivity index (χ4v) is 4.40. The Balaban J connectivity index is 1.57. The van der Waals surface area contributed by atoms with Gasteiger partial charge in [0.1, 0.15) is 5.60 Å². The highest BCUT2D eigenvalue weighted by Gasteiger charge is 2.55. The van der Waals surface area contributed by atoms with E-state index in [2.05, 4.69) is 17.6 Å². The van der Waals surface area contributed by atoms with Crippen LogP contribution in [0.3, 0.4) is 0 Å². The van der Waals surface area contributed by atoms with E-state index in [4.69, 9.17) is 9.47 Å². The first-order valence-corrected chi connectivity index (χ1v) is 9.20. The molecule has 6 unspecified atom stereocenters. The van der Waals surface area contributed by atoms with E-state index in [0.717, 1.165) is 18.9 Å². The van der Waals surface area contributed by atoms with Crippen molar-refractivity contribution in [2.75, 3.05) is 6.61 Å². The molecule has 132 valence electrons. The molecule has 1 saturated heterocycles. The Kier molecular flexibility index (Phi) is 4.88. The summed E-state index contributed by atoms with van der Waals surface area (Å²) in [5, 5.41) is 6.87. The highest BCUT2D eigenvalue weighted by Crippen LogP contribution is 2.40. The fourth-order valence-electron chi connectivity index (χ4n) is 4.40. The molecule has 1 amide bonds. The molecule has 3 aliphatic rings. The van der Waals surface area contributed by atoms with Crippen LogP contribution in [0.25, 0.3) is 0 Å². The van der Waals surface area contributed by atoms with E-state index in [1.807, 2.05) is 20.8 Å². The molecule has 1 aliphatic heterocycles. The van der Waals surface area contributed by atoms with Gasteiger partial charge in [-0.1, -0.05) is 19.8 Å². The van der Waals surface area contributed by atoms with Crippen molar-refractivity contribution in [3.63, 3.8) is 0 Å². The van der Waals surface area contributed by atoms with Gasteiger partial charge in [0, 0.05) is 18.6 Å². The minimum atomic E-state index is -0.457. The maximum absolute atomic E-state index is 12.1. The number of ether oxygens (including phenoxy) is 2. The van der Waals surface area contributed by atoms with Crippen molar-refractivity contribution in [3.05, 3.63) is 0 Å². The highest BCUT2D eigenvalue weighted by molar-refractivity contribution is 5.68. The molecular weight excluding hydrogens is 292 g/mol. The third-order valence-electron chi connectivity index (χ3n) is 5.43. The van der Waals surface area contributed by atoms with Gasteiger partial charge in [0.25, 0.3) is 0 Å². The van der Waals surface area contributed by atoms with Gasteiger partial charge in [-0.05, 0) is 46.0 Å². The average Bonchev–Trinajstić information content (AvgIpc) is 2.85. The van der Waals surface area contributed by atoms with Crippen LogP contribution in [-0.4, -0.2) is 42.5 Å². The van der Waals surface area contributed by atoms with Crippen LogP contribution in [0, 0.1) is 11.8 Å². The first kappa shape index (κ1) is 17.0. The van der Waals surface area contributed by atoms with Crippen LogP contribution in [0.15, 0.2) is 0 Å². The van der Waals surface area contributed by atoms with E-state index >= 15 is 0 Å². The Labute approximate surface area is 139 Å². The Morgan fingerprint density at radius 3 is 2.65 bits per heavy atom. The second-order valence-electron chi connectivity index (χ2n) is 8.62. The normalized spacial score (nSPS) is 40.2. The lowest BCUT2D eigenvalue weighted by Gasteiger charge is -2.50. The lowest BCUT2D eigenvalue weighted by Crippen LogP contribution is -2.71. The van der Waals surface area contributed by atoms with E-state index in [1.54, 1.807) is 0 Å². The first-order chi connectivity index (χ1) is 10.8. The number of carbonyl (C=O) groups excluding carboxylic acids is 1. The maximum atomic E-state index is 12.1. The standard InChI is InChI=1S/C18H32N2O3/c1-11-6-5-7-12(10-11)19-15-14(13-8-9-22-16(13)15)20-17(21)23-18(2,3)4/h11-16,19H,5-10H2,1-4H3,(H,20,21). The average molecular weight is 324 g/mol. The molecule has 23 heavy (non-hydrogen) atoms. The van der Waals surface area contributed by atoms with Crippen LogP contribution in [0.4, 0.5) is 4.79 Å². The van der Waals surface area contributed by atoms with Crippen LogP contribution < -0.4 is 10.6 Å². The predicted molar refractivity (Wildman–Crippen MR) is 89.3 cm³/mol. The van der Waals surface area contributed by atoms with Gasteiger partial charge >= 0.3 is 6.09 Å². The third-order valence-corrected chi connectivity index (χ3v) is 5.43. The zero-order chi connectivity index (χ0) is 16.6. The molecule has 2 aliphatic carbocycles. The molecule has 2 saturated carbocycles. The van der Waals surface area contributed by atoms with Gasteiger partial charge in [-0.15, -0.1) is 0 Å². The monoisotopic (exact) mass is 324 g/mol. The minimum absolute atomic E-state index is 0.134. The smallest absolute Gasteiger partial charge is 0.407 e. The van der Waals surface area contributed by atoms with E-state index in [0.29, 0.717) is 12.0 Å². The lowest BCUT2D eigenvalue weighted by molar-refractivity contribution is -0.0398. The van der Waals surface area contributed by atoms with E-state index < -0.39 is 5.60 Å². The Hall–Kier alpha value is -0.810. The SMILES string of the molecule is CC1CCCC(NC2C(NC(=O)OC(C)(C)C)C3CCOC32)C1. The molecule has 0 aromatic rings. The molecule has 0 aromatic heterocycles. The minimum Gasteiger partial charge on any atom is -0.444 e. The highest BCUT2D eigenvalue weighted by atomic mass is 16.6. The molecule has 0 bridgehead atoms. The van der Waals surface area contributed by atoms with Gasteiger partial charge in [-0.2, -0.15) is 0 Å². The van der Waals surface area contributed by atoms with Crippen molar-refractivity contribution in [1.82, 2.24) is 10.6 Å².